The average molecular weight is 245 g/mol. The molecule has 0 radical (unpaired) electrons. The Balaban J connectivity index is 2.72. The lowest BCUT2D eigenvalue weighted by atomic mass is 10.0. The van der Waals surface area contributed by atoms with Crippen LogP contribution in [-0.2, 0) is 0 Å². The number of rotatable bonds is 7. The number of nitrogens with zero attached hydrogens (tertiary/aromatic N) is 1. The number of aliphatic hydroxyl groups excluding tert-OH is 1. The molecule has 0 aliphatic carbocycles. The molecule has 0 aromatic heterocycles. The molecule has 2 nitrogen and oxygen atoms in total. The molecule has 0 aliphatic rings. The van der Waals surface area contributed by atoms with Crippen molar-refractivity contribution in [3.63, 3.8) is 0 Å². The van der Waals surface area contributed by atoms with Crippen LogP contribution in [0.2, 0.25) is 0 Å². The second-order valence-electron chi connectivity index (χ2n) is 4.66. The van der Waals surface area contributed by atoms with Crippen molar-refractivity contribution in [1.82, 2.24) is 4.90 Å². The van der Waals surface area contributed by atoms with E-state index < -0.39 is 6.10 Å². The van der Waals surface area contributed by atoms with Crippen LogP contribution in [0.5, 0.6) is 0 Å². The fourth-order valence-electron chi connectivity index (χ4n) is 1.91. The molecule has 1 N–H and O–H groups in total. The van der Waals surface area contributed by atoms with E-state index in [0.717, 1.165) is 18.7 Å². The van der Waals surface area contributed by atoms with Crippen LogP contribution >= 0.6 is 0 Å². The average Bonchev–Trinajstić information content (AvgIpc) is 2.33. The highest BCUT2D eigenvalue weighted by molar-refractivity contribution is 5.31. The number of benzene rings is 1. The van der Waals surface area contributed by atoms with Gasteiger partial charge in [0.25, 0.3) is 0 Å². The van der Waals surface area contributed by atoms with E-state index in [2.05, 4.69) is 44.0 Å². The van der Waals surface area contributed by atoms with Crippen molar-refractivity contribution in [1.29, 1.82) is 0 Å². The van der Waals surface area contributed by atoms with E-state index in [9.17, 15) is 5.11 Å². The van der Waals surface area contributed by atoms with Gasteiger partial charge in [-0.3, -0.25) is 4.90 Å². The van der Waals surface area contributed by atoms with Crippen LogP contribution in [0.4, 0.5) is 0 Å². The van der Waals surface area contributed by atoms with Gasteiger partial charge in [0.2, 0.25) is 0 Å². The number of hydrogen-bond acceptors (Lipinski definition) is 2. The number of hydrogen-bond donors (Lipinski definition) is 1. The van der Waals surface area contributed by atoms with Crippen LogP contribution < -0.4 is 0 Å². The zero-order valence-electron chi connectivity index (χ0n) is 11.4. The highest BCUT2D eigenvalue weighted by Crippen LogP contribution is 2.18. The van der Waals surface area contributed by atoms with Crippen molar-refractivity contribution in [3.8, 4) is 0 Å². The molecule has 2 heteroatoms. The van der Waals surface area contributed by atoms with Gasteiger partial charge < -0.3 is 5.11 Å². The maximum atomic E-state index is 10.2. The van der Waals surface area contributed by atoms with E-state index in [1.807, 2.05) is 18.2 Å². The summed E-state index contributed by atoms with van der Waals surface area (Å²) in [6.45, 7) is 13.7. The number of aryl methyl sites for hydroxylation is 2. The van der Waals surface area contributed by atoms with Crippen LogP contribution in [-0.4, -0.2) is 29.6 Å². The third kappa shape index (κ3) is 4.13. The molecule has 1 atom stereocenters. The number of aliphatic hydroxyl groups is 1. The molecule has 18 heavy (non-hydrogen) atoms. The lowest BCUT2D eigenvalue weighted by Gasteiger charge is -2.23. The van der Waals surface area contributed by atoms with E-state index >= 15 is 0 Å². The van der Waals surface area contributed by atoms with E-state index in [0.29, 0.717) is 6.54 Å². The van der Waals surface area contributed by atoms with Gasteiger partial charge in [-0.1, -0.05) is 30.4 Å². The van der Waals surface area contributed by atoms with E-state index in [1.54, 1.807) is 0 Å². The molecule has 0 fully saturated rings. The molecule has 0 saturated heterocycles. The van der Waals surface area contributed by atoms with Gasteiger partial charge in [0.15, 0.2) is 0 Å². The van der Waals surface area contributed by atoms with Gasteiger partial charge in [-0.2, -0.15) is 0 Å². The van der Waals surface area contributed by atoms with Crippen molar-refractivity contribution in [2.75, 3.05) is 19.6 Å². The normalized spacial score (nSPS) is 12.4. The zero-order valence-corrected chi connectivity index (χ0v) is 11.4. The third-order valence-electron chi connectivity index (χ3n) is 3.12. The Morgan fingerprint density at radius 3 is 2.28 bits per heavy atom. The van der Waals surface area contributed by atoms with E-state index in [4.69, 9.17) is 0 Å². The molecule has 0 spiro atoms. The molecular weight excluding hydrogens is 222 g/mol. The van der Waals surface area contributed by atoms with Gasteiger partial charge in [0.05, 0.1) is 6.10 Å². The molecule has 1 aromatic carbocycles. The smallest absolute Gasteiger partial charge is 0.0917 e. The monoisotopic (exact) mass is 245 g/mol. The fraction of sp³-hybridized carbons (Fsp3) is 0.375. The maximum absolute atomic E-state index is 10.2. The van der Waals surface area contributed by atoms with Crippen LogP contribution in [0, 0.1) is 13.8 Å². The lowest BCUT2D eigenvalue weighted by molar-refractivity contribution is 0.125. The predicted octanol–water partition coefficient (Wildman–Crippen LogP) is 3.01. The Morgan fingerprint density at radius 1 is 1.17 bits per heavy atom. The standard InChI is InChI=1S/C16H23NO/c1-5-9-17(10-6-2)12-16(18)15-8-7-13(3)14(4)11-15/h5-8,11,16,18H,1-2,9-10,12H2,3-4H3. The maximum Gasteiger partial charge on any atom is 0.0917 e. The van der Waals surface area contributed by atoms with Gasteiger partial charge in [0.1, 0.15) is 0 Å². The highest BCUT2D eigenvalue weighted by Gasteiger charge is 2.12. The summed E-state index contributed by atoms with van der Waals surface area (Å²) < 4.78 is 0. The largest absolute Gasteiger partial charge is 0.387 e. The molecule has 0 heterocycles. The highest BCUT2D eigenvalue weighted by atomic mass is 16.3. The third-order valence-corrected chi connectivity index (χ3v) is 3.12. The molecule has 1 rings (SSSR count). The van der Waals surface area contributed by atoms with Crippen LogP contribution in [0.1, 0.15) is 22.8 Å². The molecule has 0 aliphatic heterocycles. The lowest BCUT2D eigenvalue weighted by Crippen LogP contribution is -2.29. The molecule has 1 aromatic rings. The van der Waals surface area contributed by atoms with Gasteiger partial charge in [0, 0.05) is 19.6 Å². The van der Waals surface area contributed by atoms with Crippen LogP contribution in [0.3, 0.4) is 0 Å². The summed E-state index contributed by atoms with van der Waals surface area (Å²) in [5.41, 5.74) is 3.43. The first kappa shape index (κ1) is 14.7. The first-order chi connectivity index (χ1) is 8.58. The zero-order chi connectivity index (χ0) is 13.5. The summed E-state index contributed by atoms with van der Waals surface area (Å²) in [7, 11) is 0. The summed E-state index contributed by atoms with van der Waals surface area (Å²) >= 11 is 0. The first-order valence-electron chi connectivity index (χ1n) is 6.27. The predicted molar refractivity (Wildman–Crippen MR) is 77.7 cm³/mol. The Morgan fingerprint density at radius 2 is 1.78 bits per heavy atom. The second-order valence-corrected chi connectivity index (χ2v) is 4.66. The van der Waals surface area contributed by atoms with Crippen molar-refractivity contribution in [3.05, 3.63) is 60.2 Å². The Bertz CT molecular complexity index is 402. The summed E-state index contributed by atoms with van der Waals surface area (Å²) in [5.74, 6) is 0. The van der Waals surface area contributed by atoms with Gasteiger partial charge in [-0.15, -0.1) is 13.2 Å². The molecule has 0 bridgehead atoms. The van der Waals surface area contributed by atoms with E-state index in [1.165, 1.54) is 11.1 Å². The summed E-state index contributed by atoms with van der Waals surface area (Å²) in [5, 5.41) is 10.2. The van der Waals surface area contributed by atoms with E-state index in [-0.39, 0.29) is 0 Å². The Labute approximate surface area is 110 Å². The second kappa shape index (κ2) is 7.14. The Hall–Kier alpha value is -1.38. The molecular formula is C16H23NO. The van der Waals surface area contributed by atoms with Crippen molar-refractivity contribution in [2.45, 2.75) is 20.0 Å². The molecule has 1 unspecified atom stereocenters. The molecule has 0 amide bonds. The Kier molecular flexibility index (Phi) is 5.83. The first-order valence-corrected chi connectivity index (χ1v) is 6.27. The summed E-state index contributed by atoms with van der Waals surface area (Å²) in [6.07, 6.45) is 3.22. The van der Waals surface area contributed by atoms with Crippen molar-refractivity contribution in [2.24, 2.45) is 0 Å². The van der Waals surface area contributed by atoms with Crippen LogP contribution in [0.25, 0.3) is 0 Å². The van der Waals surface area contributed by atoms with Crippen molar-refractivity contribution < 1.29 is 5.11 Å². The van der Waals surface area contributed by atoms with Gasteiger partial charge in [-0.25, -0.2) is 0 Å². The van der Waals surface area contributed by atoms with Crippen molar-refractivity contribution >= 4 is 0 Å². The molecule has 98 valence electrons. The summed E-state index contributed by atoms with van der Waals surface area (Å²) in [6, 6.07) is 6.10. The van der Waals surface area contributed by atoms with Crippen LogP contribution in [0.15, 0.2) is 43.5 Å². The fourth-order valence-corrected chi connectivity index (χ4v) is 1.91. The SMILES string of the molecule is C=CCN(CC=C)CC(O)c1ccc(C)c(C)c1. The minimum Gasteiger partial charge on any atom is -0.387 e. The molecule has 0 saturated carbocycles. The minimum atomic E-state index is -0.468. The van der Waals surface area contributed by atoms with Gasteiger partial charge >= 0.3 is 0 Å². The van der Waals surface area contributed by atoms with Gasteiger partial charge in [-0.05, 0) is 30.5 Å². The topological polar surface area (TPSA) is 23.5 Å². The quantitative estimate of drug-likeness (QED) is 0.746. The summed E-state index contributed by atoms with van der Waals surface area (Å²) in [4.78, 5) is 2.11. The minimum absolute atomic E-state index is 0.468.